The van der Waals surface area contributed by atoms with E-state index in [0.29, 0.717) is 13.0 Å². The Bertz CT molecular complexity index is 504. The molecule has 1 aromatic rings. The Kier molecular flexibility index (Phi) is 3.56. The topological polar surface area (TPSA) is 69.6 Å². The number of anilines is 1. The third-order valence-electron chi connectivity index (χ3n) is 3.03. The van der Waals surface area contributed by atoms with Crippen LogP contribution in [0.1, 0.15) is 12.0 Å². The zero-order valence-corrected chi connectivity index (χ0v) is 11.4. The van der Waals surface area contributed by atoms with Crippen molar-refractivity contribution in [3.63, 3.8) is 0 Å². The number of amides is 2. The largest absolute Gasteiger partial charge is 0.465 e. The highest BCUT2D eigenvalue weighted by Crippen LogP contribution is 2.29. The second-order valence-electron chi connectivity index (χ2n) is 4.16. The van der Waals surface area contributed by atoms with Gasteiger partial charge >= 0.3 is 6.09 Å². The van der Waals surface area contributed by atoms with Gasteiger partial charge in [-0.1, -0.05) is 22.0 Å². The van der Waals surface area contributed by atoms with Crippen molar-refractivity contribution in [3.05, 3.63) is 28.2 Å². The number of nitrogens with one attached hydrogen (secondary N) is 1. The Morgan fingerprint density at radius 1 is 1.56 bits per heavy atom. The quantitative estimate of drug-likeness (QED) is 0.879. The molecule has 1 aliphatic rings. The SMILES string of the molecule is Cc1c(Br)cccc1N1CCC(NC(=O)O)C1=O. The number of halogens is 1. The first-order valence-corrected chi connectivity index (χ1v) is 6.36. The van der Waals surface area contributed by atoms with Gasteiger partial charge in [0, 0.05) is 16.7 Å². The van der Waals surface area contributed by atoms with Gasteiger partial charge in [0.2, 0.25) is 5.91 Å². The number of rotatable bonds is 2. The molecule has 18 heavy (non-hydrogen) atoms. The van der Waals surface area contributed by atoms with E-state index < -0.39 is 12.1 Å². The molecule has 1 aromatic carbocycles. The Hall–Kier alpha value is -1.56. The van der Waals surface area contributed by atoms with E-state index in [1.807, 2.05) is 25.1 Å². The lowest BCUT2D eigenvalue weighted by atomic mass is 10.2. The summed E-state index contributed by atoms with van der Waals surface area (Å²) in [5.41, 5.74) is 1.80. The predicted molar refractivity (Wildman–Crippen MR) is 70.8 cm³/mol. The molecule has 0 radical (unpaired) electrons. The monoisotopic (exact) mass is 312 g/mol. The molecule has 6 heteroatoms. The normalized spacial score (nSPS) is 19.1. The summed E-state index contributed by atoms with van der Waals surface area (Å²) in [6, 6.07) is 4.99. The minimum Gasteiger partial charge on any atom is -0.465 e. The molecule has 1 aliphatic heterocycles. The molecule has 0 aliphatic carbocycles. The molecule has 0 spiro atoms. The summed E-state index contributed by atoms with van der Waals surface area (Å²) in [4.78, 5) is 24.3. The molecule has 1 atom stereocenters. The smallest absolute Gasteiger partial charge is 0.405 e. The first-order chi connectivity index (χ1) is 8.50. The number of hydrogen-bond acceptors (Lipinski definition) is 2. The molecule has 5 nitrogen and oxygen atoms in total. The van der Waals surface area contributed by atoms with Gasteiger partial charge in [-0.3, -0.25) is 4.79 Å². The highest BCUT2D eigenvalue weighted by Gasteiger charge is 2.34. The van der Waals surface area contributed by atoms with Crippen molar-refractivity contribution in [2.75, 3.05) is 11.4 Å². The van der Waals surface area contributed by atoms with E-state index in [2.05, 4.69) is 21.2 Å². The maximum Gasteiger partial charge on any atom is 0.405 e. The number of carbonyl (C=O) groups excluding carboxylic acids is 1. The van der Waals surface area contributed by atoms with Crippen LogP contribution in [0.5, 0.6) is 0 Å². The van der Waals surface area contributed by atoms with Crippen LogP contribution in [-0.4, -0.2) is 29.7 Å². The van der Waals surface area contributed by atoms with Crippen molar-refractivity contribution < 1.29 is 14.7 Å². The Balaban J connectivity index is 2.23. The Morgan fingerprint density at radius 3 is 2.94 bits per heavy atom. The van der Waals surface area contributed by atoms with Gasteiger partial charge in [-0.15, -0.1) is 0 Å². The van der Waals surface area contributed by atoms with Crippen molar-refractivity contribution in [2.24, 2.45) is 0 Å². The molecule has 1 unspecified atom stereocenters. The molecule has 2 N–H and O–H groups in total. The molecule has 96 valence electrons. The molecule has 0 saturated carbocycles. The van der Waals surface area contributed by atoms with Gasteiger partial charge in [0.25, 0.3) is 0 Å². The lowest BCUT2D eigenvalue weighted by Gasteiger charge is -2.19. The lowest BCUT2D eigenvalue weighted by Crippen LogP contribution is -2.41. The highest BCUT2D eigenvalue weighted by molar-refractivity contribution is 9.10. The zero-order valence-electron chi connectivity index (χ0n) is 9.81. The molecule has 1 saturated heterocycles. The third-order valence-corrected chi connectivity index (χ3v) is 3.89. The van der Waals surface area contributed by atoms with Crippen LogP contribution in [-0.2, 0) is 4.79 Å². The fourth-order valence-corrected chi connectivity index (χ4v) is 2.45. The first kappa shape index (κ1) is 12.9. The van der Waals surface area contributed by atoms with Crippen molar-refractivity contribution in [2.45, 2.75) is 19.4 Å². The van der Waals surface area contributed by atoms with E-state index in [4.69, 9.17) is 5.11 Å². The van der Waals surface area contributed by atoms with Gasteiger partial charge < -0.3 is 15.3 Å². The van der Waals surface area contributed by atoms with E-state index in [-0.39, 0.29) is 5.91 Å². The van der Waals surface area contributed by atoms with Crippen LogP contribution >= 0.6 is 15.9 Å². The number of carboxylic acid groups (broad SMARTS) is 1. The molecule has 2 amide bonds. The Labute approximate surface area is 113 Å². The van der Waals surface area contributed by atoms with E-state index in [9.17, 15) is 9.59 Å². The van der Waals surface area contributed by atoms with Crippen molar-refractivity contribution in [1.82, 2.24) is 5.32 Å². The molecule has 1 heterocycles. The van der Waals surface area contributed by atoms with Crippen LogP contribution in [0.2, 0.25) is 0 Å². The van der Waals surface area contributed by atoms with Crippen LogP contribution in [0.4, 0.5) is 10.5 Å². The fourth-order valence-electron chi connectivity index (χ4n) is 2.09. The van der Waals surface area contributed by atoms with Gasteiger partial charge in [-0.05, 0) is 31.0 Å². The van der Waals surface area contributed by atoms with Gasteiger partial charge in [-0.2, -0.15) is 0 Å². The van der Waals surface area contributed by atoms with Crippen LogP contribution in [0.3, 0.4) is 0 Å². The van der Waals surface area contributed by atoms with Crippen molar-refractivity contribution in [1.29, 1.82) is 0 Å². The fraction of sp³-hybridized carbons (Fsp3) is 0.333. The van der Waals surface area contributed by atoms with Gasteiger partial charge in [-0.25, -0.2) is 4.79 Å². The number of hydrogen-bond donors (Lipinski definition) is 2. The summed E-state index contributed by atoms with van der Waals surface area (Å²) in [7, 11) is 0. The van der Waals surface area contributed by atoms with Crippen LogP contribution in [0.25, 0.3) is 0 Å². The van der Waals surface area contributed by atoms with Crippen LogP contribution in [0.15, 0.2) is 22.7 Å². The number of carbonyl (C=O) groups is 2. The minimum absolute atomic E-state index is 0.196. The zero-order chi connectivity index (χ0) is 13.3. The average Bonchev–Trinajstić information content (AvgIpc) is 2.64. The predicted octanol–water partition coefficient (Wildman–Crippen LogP) is 2.13. The molecular weight excluding hydrogens is 300 g/mol. The summed E-state index contributed by atoms with van der Waals surface area (Å²) < 4.78 is 0.933. The lowest BCUT2D eigenvalue weighted by molar-refractivity contribution is -0.118. The summed E-state index contributed by atoms with van der Waals surface area (Å²) in [6.45, 7) is 2.45. The molecular formula is C12H13BrN2O3. The maximum atomic E-state index is 12.1. The molecule has 2 rings (SSSR count). The molecule has 0 aromatic heterocycles. The van der Waals surface area contributed by atoms with E-state index in [0.717, 1.165) is 15.7 Å². The van der Waals surface area contributed by atoms with E-state index in [1.165, 1.54) is 0 Å². The van der Waals surface area contributed by atoms with Crippen LogP contribution < -0.4 is 10.2 Å². The minimum atomic E-state index is -1.17. The maximum absolute atomic E-state index is 12.1. The summed E-state index contributed by atoms with van der Waals surface area (Å²) in [5, 5.41) is 10.9. The molecule has 1 fully saturated rings. The molecule has 0 bridgehead atoms. The second-order valence-corrected chi connectivity index (χ2v) is 5.02. The van der Waals surface area contributed by atoms with Gasteiger partial charge in [0.05, 0.1) is 0 Å². The van der Waals surface area contributed by atoms with Gasteiger partial charge in [0.15, 0.2) is 0 Å². The highest BCUT2D eigenvalue weighted by atomic mass is 79.9. The number of benzene rings is 1. The van der Waals surface area contributed by atoms with Crippen molar-refractivity contribution in [3.8, 4) is 0 Å². The summed E-state index contributed by atoms with van der Waals surface area (Å²) >= 11 is 3.42. The standard InChI is InChI=1S/C12H13BrN2O3/c1-7-8(13)3-2-4-10(7)15-6-5-9(11(15)16)14-12(17)18/h2-4,9,14H,5-6H2,1H3,(H,17,18). The first-order valence-electron chi connectivity index (χ1n) is 5.56. The van der Waals surface area contributed by atoms with Crippen molar-refractivity contribution >= 4 is 33.6 Å². The third kappa shape index (κ3) is 2.33. The van der Waals surface area contributed by atoms with Crippen LogP contribution in [0, 0.1) is 6.92 Å². The van der Waals surface area contributed by atoms with Gasteiger partial charge in [0.1, 0.15) is 6.04 Å². The van der Waals surface area contributed by atoms with E-state index >= 15 is 0 Å². The average molecular weight is 313 g/mol. The Morgan fingerprint density at radius 2 is 2.28 bits per heavy atom. The van der Waals surface area contributed by atoms with E-state index in [1.54, 1.807) is 4.90 Å². The number of nitrogens with zero attached hydrogens (tertiary/aromatic N) is 1. The summed E-state index contributed by atoms with van der Waals surface area (Å²) in [6.07, 6.45) is -0.668. The summed E-state index contributed by atoms with van der Waals surface area (Å²) in [5.74, 6) is -0.196. The second kappa shape index (κ2) is 4.97.